The van der Waals surface area contributed by atoms with Crippen molar-refractivity contribution in [3.8, 4) is 12.3 Å². The number of terminal acetylenes is 1. The number of hydrogen-bond acceptors (Lipinski definition) is 4. The zero-order valence-electron chi connectivity index (χ0n) is 8.11. The molecule has 2 aromatic heterocycles. The molecule has 0 saturated carbocycles. The maximum atomic E-state index is 11.5. The molecule has 0 unspecified atom stereocenters. The Morgan fingerprint density at radius 2 is 2.33 bits per heavy atom. The Bertz CT molecular complexity index is 616. The Hall–Kier alpha value is -2.29. The Balaban J connectivity index is 2.97. The number of nitrogen functional groups attached to an aromatic ring is 1. The number of aromatic nitrogens is 4. The minimum Gasteiger partial charge on any atom is -0.369 e. The van der Waals surface area contributed by atoms with Gasteiger partial charge in [0.05, 0.1) is 0 Å². The highest BCUT2D eigenvalue weighted by Crippen LogP contribution is 2.10. The fraction of sp³-hybridized carbons (Fsp3) is 0.222. The highest BCUT2D eigenvalue weighted by Gasteiger charge is 2.12. The molecule has 6 heteroatoms. The van der Waals surface area contributed by atoms with Gasteiger partial charge in [-0.05, 0) is 12.8 Å². The maximum Gasteiger partial charge on any atom is 0.280 e. The summed E-state index contributed by atoms with van der Waals surface area (Å²) in [6.45, 7) is 2.48. The molecule has 0 aliphatic heterocycles. The second-order valence-electron chi connectivity index (χ2n) is 2.95. The number of nitrogens with one attached hydrogen (secondary N) is 1. The normalized spacial score (nSPS) is 10.4. The summed E-state index contributed by atoms with van der Waals surface area (Å²) in [6.07, 6.45) is 5.27. The van der Waals surface area contributed by atoms with E-state index >= 15 is 0 Å². The van der Waals surface area contributed by atoms with Crippen molar-refractivity contribution in [1.82, 2.24) is 19.5 Å². The minimum absolute atomic E-state index is 0.0608. The fourth-order valence-corrected chi connectivity index (χ4v) is 1.44. The van der Waals surface area contributed by atoms with Gasteiger partial charge in [0.2, 0.25) is 5.95 Å². The van der Waals surface area contributed by atoms with E-state index in [2.05, 4.69) is 20.9 Å². The van der Waals surface area contributed by atoms with E-state index in [4.69, 9.17) is 12.2 Å². The molecule has 2 heterocycles. The maximum absolute atomic E-state index is 11.5. The van der Waals surface area contributed by atoms with E-state index in [-0.39, 0.29) is 17.0 Å². The summed E-state index contributed by atoms with van der Waals surface area (Å²) in [6, 6.07) is 0. The standard InChI is InChI=1S/C9H9N5O/c1-3-5-11-6-7(14(5)4-2)12-9(10)13-8(6)15/h1H,4H2,2H3,(H3,10,12,13,15). The lowest BCUT2D eigenvalue weighted by atomic mass is 10.5. The molecule has 0 aromatic carbocycles. The second-order valence-corrected chi connectivity index (χ2v) is 2.95. The summed E-state index contributed by atoms with van der Waals surface area (Å²) < 4.78 is 1.67. The third-order valence-electron chi connectivity index (χ3n) is 2.07. The molecule has 0 fully saturated rings. The summed E-state index contributed by atoms with van der Waals surface area (Å²) in [5.41, 5.74) is 5.71. The predicted octanol–water partition coefficient (Wildman–Crippen LogP) is -0.297. The summed E-state index contributed by atoms with van der Waals surface area (Å²) in [5, 5.41) is 0. The third kappa shape index (κ3) is 1.25. The molecule has 0 amide bonds. The Morgan fingerprint density at radius 1 is 1.60 bits per heavy atom. The van der Waals surface area contributed by atoms with Crippen molar-refractivity contribution < 1.29 is 0 Å². The lowest BCUT2D eigenvalue weighted by molar-refractivity contribution is 0.766. The Labute approximate surface area is 85.2 Å². The van der Waals surface area contributed by atoms with Gasteiger partial charge in [-0.2, -0.15) is 4.98 Å². The van der Waals surface area contributed by atoms with Crippen LogP contribution in [-0.2, 0) is 6.54 Å². The number of imidazole rings is 1. The van der Waals surface area contributed by atoms with E-state index in [0.29, 0.717) is 18.0 Å². The molecule has 0 atom stereocenters. The van der Waals surface area contributed by atoms with Gasteiger partial charge >= 0.3 is 0 Å². The Kier molecular flexibility index (Phi) is 1.94. The molecule has 2 rings (SSSR count). The Morgan fingerprint density at radius 3 is 2.93 bits per heavy atom. The molecule has 2 aromatic rings. The molecule has 0 bridgehead atoms. The van der Waals surface area contributed by atoms with Crippen LogP contribution in [0.4, 0.5) is 5.95 Å². The van der Waals surface area contributed by atoms with Crippen molar-refractivity contribution in [3.05, 3.63) is 16.2 Å². The van der Waals surface area contributed by atoms with Gasteiger partial charge in [-0.1, -0.05) is 0 Å². The molecular formula is C9H9N5O. The second kappa shape index (κ2) is 3.13. The molecule has 6 nitrogen and oxygen atoms in total. The number of aryl methyl sites for hydroxylation is 1. The highest BCUT2D eigenvalue weighted by molar-refractivity contribution is 5.72. The molecular weight excluding hydrogens is 194 g/mol. The van der Waals surface area contributed by atoms with Crippen LogP contribution >= 0.6 is 0 Å². The van der Waals surface area contributed by atoms with Crippen molar-refractivity contribution in [2.75, 3.05) is 5.73 Å². The average Bonchev–Trinajstić information content (AvgIpc) is 2.55. The summed E-state index contributed by atoms with van der Waals surface area (Å²) in [5.74, 6) is 2.85. The first-order chi connectivity index (χ1) is 7.17. The first-order valence-corrected chi connectivity index (χ1v) is 4.40. The lowest BCUT2D eigenvalue weighted by Crippen LogP contribution is -2.12. The molecule has 0 radical (unpaired) electrons. The van der Waals surface area contributed by atoms with Crippen LogP contribution < -0.4 is 11.3 Å². The van der Waals surface area contributed by atoms with Crippen LogP contribution in [0.1, 0.15) is 12.7 Å². The monoisotopic (exact) mass is 203 g/mol. The van der Waals surface area contributed by atoms with Gasteiger partial charge < -0.3 is 10.3 Å². The largest absolute Gasteiger partial charge is 0.369 e. The third-order valence-corrected chi connectivity index (χ3v) is 2.07. The van der Waals surface area contributed by atoms with Crippen LogP contribution in [-0.4, -0.2) is 19.5 Å². The highest BCUT2D eigenvalue weighted by atomic mass is 16.1. The number of anilines is 1. The van der Waals surface area contributed by atoms with Crippen molar-refractivity contribution in [3.63, 3.8) is 0 Å². The first-order valence-electron chi connectivity index (χ1n) is 4.40. The van der Waals surface area contributed by atoms with Crippen LogP contribution in [0.3, 0.4) is 0 Å². The number of H-pyrrole nitrogens is 1. The quantitative estimate of drug-likeness (QED) is 0.623. The molecule has 0 saturated heterocycles. The predicted molar refractivity (Wildman–Crippen MR) is 56.2 cm³/mol. The van der Waals surface area contributed by atoms with Gasteiger partial charge in [0.15, 0.2) is 17.0 Å². The molecule has 0 spiro atoms. The zero-order chi connectivity index (χ0) is 11.0. The van der Waals surface area contributed by atoms with Gasteiger partial charge in [0, 0.05) is 6.54 Å². The number of hydrogen-bond donors (Lipinski definition) is 2. The number of rotatable bonds is 1. The summed E-state index contributed by atoms with van der Waals surface area (Å²) in [7, 11) is 0. The average molecular weight is 203 g/mol. The summed E-state index contributed by atoms with van der Waals surface area (Å²) >= 11 is 0. The van der Waals surface area contributed by atoms with Crippen molar-refractivity contribution in [2.45, 2.75) is 13.5 Å². The smallest absolute Gasteiger partial charge is 0.280 e. The molecule has 0 aliphatic carbocycles. The van der Waals surface area contributed by atoms with E-state index < -0.39 is 0 Å². The number of aromatic amines is 1. The van der Waals surface area contributed by atoms with Crippen molar-refractivity contribution >= 4 is 17.1 Å². The van der Waals surface area contributed by atoms with Gasteiger partial charge in [0.25, 0.3) is 5.56 Å². The minimum atomic E-state index is -0.374. The van der Waals surface area contributed by atoms with Crippen LogP contribution in [0.5, 0.6) is 0 Å². The van der Waals surface area contributed by atoms with E-state index in [1.165, 1.54) is 0 Å². The molecule has 3 N–H and O–H groups in total. The van der Waals surface area contributed by atoms with Gasteiger partial charge in [-0.3, -0.25) is 9.78 Å². The van der Waals surface area contributed by atoms with Gasteiger partial charge in [-0.15, -0.1) is 6.42 Å². The van der Waals surface area contributed by atoms with Crippen LogP contribution in [0.25, 0.3) is 11.2 Å². The molecule has 15 heavy (non-hydrogen) atoms. The van der Waals surface area contributed by atoms with Gasteiger partial charge in [-0.25, -0.2) is 4.98 Å². The van der Waals surface area contributed by atoms with E-state index in [1.54, 1.807) is 4.57 Å². The van der Waals surface area contributed by atoms with Crippen molar-refractivity contribution in [2.24, 2.45) is 0 Å². The van der Waals surface area contributed by atoms with Crippen LogP contribution in [0.2, 0.25) is 0 Å². The number of nitrogens with zero attached hydrogens (tertiary/aromatic N) is 3. The van der Waals surface area contributed by atoms with E-state index in [9.17, 15) is 4.79 Å². The van der Waals surface area contributed by atoms with Gasteiger partial charge in [0.1, 0.15) is 0 Å². The summed E-state index contributed by atoms with van der Waals surface area (Å²) in [4.78, 5) is 21.9. The van der Waals surface area contributed by atoms with Crippen molar-refractivity contribution in [1.29, 1.82) is 0 Å². The zero-order valence-corrected chi connectivity index (χ0v) is 8.11. The molecule has 76 valence electrons. The van der Waals surface area contributed by atoms with E-state index in [1.807, 2.05) is 6.92 Å². The van der Waals surface area contributed by atoms with Crippen LogP contribution in [0, 0.1) is 12.3 Å². The fourth-order valence-electron chi connectivity index (χ4n) is 1.44. The van der Waals surface area contributed by atoms with E-state index in [0.717, 1.165) is 0 Å². The first kappa shape index (κ1) is 9.27. The topological polar surface area (TPSA) is 89.6 Å². The van der Waals surface area contributed by atoms with Crippen LogP contribution in [0.15, 0.2) is 4.79 Å². The molecule has 0 aliphatic rings. The number of fused-ring (bicyclic) bond motifs is 1. The SMILES string of the molecule is C#Cc1nc2c(=O)[nH]c(N)nc2n1CC. The lowest BCUT2D eigenvalue weighted by Gasteiger charge is -1.99. The number of nitrogens with two attached hydrogens (primary N) is 1.